The van der Waals surface area contributed by atoms with Gasteiger partial charge in [0, 0.05) is 57.0 Å². The standard InChI is InChI=1S/C20H24F5N3O5S/c21-19(22,20(23,24)25)6-3-14-1-2-16(26-13-14)15-4-9-28(10-5-15)34(31,32)18(17(29)27-30)7-11-33-12-8-18/h1-3,6,13,15,30H,4-5,7-12H2,(H,27,29). The number of nitrogens with zero attached hydrogens (tertiary/aromatic N) is 2. The van der Waals surface area contributed by atoms with Crippen LogP contribution in [0.15, 0.2) is 24.4 Å². The van der Waals surface area contributed by atoms with E-state index >= 15 is 0 Å². The number of pyridine rings is 1. The van der Waals surface area contributed by atoms with Crippen molar-refractivity contribution in [2.45, 2.75) is 48.4 Å². The molecular weight excluding hydrogens is 489 g/mol. The molecule has 1 aromatic heterocycles. The van der Waals surface area contributed by atoms with E-state index in [-0.39, 0.29) is 56.7 Å². The van der Waals surface area contributed by atoms with Crippen LogP contribution in [0.3, 0.4) is 0 Å². The molecule has 0 aromatic carbocycles. The first-order chi connectivity index (χ1) is 15.8. The number of rotatable bonds is 6. The highest BCUT2D eigenvalue weighted by atomic mass is 32.2. The monoisotopic (exact) mass is 513 g/mol. The minimum absolute atomic E-state index is 0.0583. The third-order valence-electron chi connectivity index (χ3n) is 6.19. The Balaban J connectivity index is 1.67. The molecule has 0 aliphatic carbocycles. The molecule has 1 aromatic rings. The maximum absolute atomic E-state index is 13.3. The van der Waals surface area contributed by atoms with Crippen LogP contribution in [0.4, 0.5) is 22.0 Å². The second kappa shape index (κ2) is 9.84. The van der Waals surface area contributed by atoms with Crippen molar-refractivity contribution in [3.8, 4) is 0 Å². The molecule has 3 rings (SSSR count). The number of hydrogen-bond acceptors (Lipinski definition) is 6. The number of amides is 1. The van der Waals surface area contributed by atoms with Crippen molar-refractivity contribution in [2.24, 2.45) is 0 Å². The van der Waals surface area contributed by atoms with E-state index in [1.165, 1.54) is 28.1 Å². The van der Waals surface area contributed by atoms with Gasteiger partial charge in [-0.05, 0) is 30.5 Å². The SMILES string of the molecule is O=C(NO)C1(S(=O)(=O)N2CCC(c3ccc(C=CC(F)(F)C(F)(F)F)cn3)CC2)CCOCC1. The molecular formula is C20H24F5N3O5S. The predicted molar refractivity (Wildman–Crippen MR) is 109 cm³/mol. The Morgan fingerprint density at radius 3 is 2.29 bits per heavy atom. The van der Waals surface area contributed by atoms with Crippen LogP contribution < -0.4 is 5.48 Å². The largest absolute Gasteiger partial charge is 0.457 e. The summed E-state index contributed by atoms with van der Waals surface area (Å²) in [6, 6.07) is 2.86. The lowest BCUT2D eigenvalue weighted by molar-refractivity contribution is -0.258. The Morgan fingerprint density at radius 2 is 1.79 bits per heavy atom. The van der Waals surface area contributed by atoms with Gasteiger partial charge in [-0.3, -0.25) is 15.0 Å². The highest BCUT2D eigenvalue weighted by Gasteiger charge is 2.56. The topological polar surface area (TPSA) is 109 Å². The smallest absolute Gasteiger partial charge is 0.381 e. The Labute approximate surface area is 192 Å². The summed E-state index contributed by atoms with van der Waals surface area (Å²) in [5.74, 6) is -6.13. The van der Waals surface area contributed by atoms with Gasteiger partial charge < -0.3 is 4.74 Å². The van der Waals surface area contributed by atoms with Crippen molar-refractivity contribution in [1.82, 2.24) is 14.8 Å². The number of hydroxylamine groups is 1. The summed E-state index contributed by atoms with van der Waals surface area (Å²) in [6.07, 6.45) is -3.57. The minimum Gasteiger partial charge on any atom is -0.381 e. The molecule has 0 radical (unpaired) electrons. The van der Waals surface area contributed by atoms with E-state index in [0.717, 1.165) is 0 Å². The molecule has 190 valence electrons. The Bertz CT molecular complexity index is 1000. The molecule has 2 fully saturated rings. The first-order valence-electron chi connectivity index (χ1n) is 10.5. The van der Waals surface area contributed by atoms with E-state index in [9.17, 15) is 35.2 Å². The summed E-state index contributed by atoms with van der Waals surface area (Å²) >= 11 is 0. The highest BCUT2D eigenvalue weighted by molar-refractivity contribution is 7.91. The normalized spacial score (nSPS) is 21.0. The van der Waals surface area contributed by atoms with Crippen LogP contribution in [0.1, 0.15) is 42.9 Å². The lowest BCUT2D eigenvalue weighted by Crippen LogP contribution is -2.60. The zero-order chi connectivity index (χ0) is 25.2. The first-order valence-corrected chi connectivity index (χ1v) is 11.9. The molecule has 14 heteroatoms. The predicted octanol–water partition coefficient (Wildman–Crippen LogP) is 2.86. The molecule has 2 aliphatic rings. The number of hydrogen-bond donors (Lipinski definition) is 2. The summed E-state index contributed by atoms with van der Waals surface area (Å²) in [4.78, 5) is 16.5. The fraction of sp³-hybridized carbons (Fsp3) is 0.600. The molecule has 34 heavy (non-hydrogen) atoms. The van der Waals surface area contributed by atoms with Crippen molar-refractivity contribution < 1.29 is 45.1 Å². The molecule has 1 amide bonds. The van der Waals surface area contributed by atoms with Gasteiger partial charge in [-0.1, -0.05) is 12.1 Å². The summed E-state index contributed by atoms with van der Waals surface area (Å²) in [7, 11) is -4.11. The number of carbonyl (C=O) groups excluding carboxylic acids is 1. The number of sulfonamides is 1. The Kier molecular flexibility index (Phi) is 7.65. The fourth-order valence-electron chi connectivity index (χ4n) is 4.10. The van der Waals surface area contributed by atoms with Gasteiger partial charge in [0.1, 0.15) is 0 Å². The second-order valence-corrected chi connectivity index (χ2v) is 10.4. The Morgan fingerprint density at radius 1 is 1.18 bits per heavy atom. The van der Waals surface area contributed by atoms with Crippen molar-refractivity contribution in [1.29, 1.82) is 0 Å². The van der Waals surface area contributed by atoms with Crippen LogP contribution in [0.2, 0.25) is 0 Å². The third kappa shape index (κ3) is 5.09. The maximum Gasteiger partial charge on any atom is 0.457 e. The van der Waals surface area contributed by atoms with Gasteiger partial charge in [-0.2, -0.15) is 22.0 Å². The zero-order valence-corrected chi connectivity index (χ0v) is 18.7. The molecule has 0 spiro atoms. The molecule has 8 nitrogen and oxygen atoms in total. The van der Waals surface area contributed by atoms with Gasteiger partial charge in [0.25, 0.3) is 5.91 Å². The lowest BCUT2D eigenvalue weighted by atomic mass is 9.94. The molecule has 2 aliphatic heterocycles. The molecule has 2 saturated heterocycles. The van der Waals surface area contributed by atoms with E-state index in [2.05, 4.69) is 4.98 Å². The second-order valence-electron chi connectivity index (χ2n) is 8.20. The van der Waals surface area contributed by atoms with Gasteiger partial charge in [0.2, 0.25) is 10.0 Å². The van der Waals surface area contributed by atoms with Gasteiger partial charge in [0.05, 0.1) is 0 Å². The molecule has 2 N–H and O–H groups in total. The van der Waals surface area contributed by atoms with E-state index in [4.69, 9.17) is 9.94 Å². The van der Waals surface area contributed by atoms with Crippen LogP contribution in [0.5, 0.6) is 0 Å². The number of alkyl halides is 5. The number of nitrogens with one attached hydrogen (secondary N) is 1. The number of aromatic nitrogens is 1. The quantitative estimate of drug-likeness (QED) is 0.344. The lowest BCUT2D eigenvalue weighted by Gasteiger charge is -2.40. The van der Waals surface area contributed by atoms with Crippen LogP contribution in [0.25, 0.3) is 6.08 Å². The van der Waals surface area contributed by atoms with Gasteiger partial charge in [0.15, 0.2) is 4.75 Å². The number of allylic oxidation sites excluding steroid dienone is 1. The molecule has 3 heterocycles. The van der Waals surface area contributed by atoms with Crippen LogP contribution in [0, 0.1) is 0 Å². The third-order valence-corrected chi connectivity index (χ3v) is 8.82. The summed E-state index contributed by atoms with van der Waals surface area (Å²) in [5.41, 5.74) is 2.07. The van der Waals surface area contributed by atoms with Crippen LogP contribution in [-0.2, 0) is 19.6 Å². The molecule has 0 atom stereocenters. The summed E-state index contributed by atoms with van der Waals surface area (Å²) in [6.45, 7) is 0.302. The van der Waals surface area contributed by atoms with E-state index in [0.29, 0.717) is 24.6 Å². The van der Waals surface area contributed by atoms with Crippen molar-refractivity contribution in [2.75, 3.05) is 26.3 Å². The van der Waals surface area contributed by atoms with Gasteiger partial charge >= 0.3 is 12.1 Å². The van der Waals surface area contributed by atoms with Gasteiger partial charge in [-0.15, -0.1) is 0 Å². The minimum atomic E-state index is -5.69. The van der Waals surface area contributed by atoms with Crippen LogP contribution in [-0.4, -0.2) is 72.0 Å². The number of ether oxygens (including phenoxy) is 1. The number of halogens is 5. The average molecular weight is 513 g/mol. The fourth-order valence-corrected chi connectivity index (χ4v) is 6.24. The van der Waals surface area contributed by atoms with Gasteiger partial charge in [-0.25, -0.2) is 18.2 Å². The van der Waals surface area contributed by atoms with E-state index in [1.807, 2.05) is 0 Å². The van der Waals surface area contributed by atoms with E-state index in [1.54, 1.807) is 0 Å². The average Bonchev–Trinajstić information content (AvgIpc) is 2.82. The molecule has 0 saturated carbocycles. The zero-order valence-electron chi connectivity index (χ0n) is 17.9. The highest BCUT2D eigenvalue weighted by Crippen LogP contribution is 2.38. The van der Waals surface area contributed by atoms with E-state index < -0.39 is 32.8 Å². The van der Waals surface area contributed by atoms with Crippen molar-refractivity contribution in [3.63, 3.8) is 0 Å². The first kappa shape index (κ1) is 26.4. The summed E-state index contributed by atoms with van der Waals surface area (Å²) < 4.78 is 94.0. The van der Waals surface area contributed by atoms with Crippen molar-refractivity contribution in [3.05, 3.63) is 35.7 Å². The molecule has 0 bridgehead atoms. The van der Waals surface area contributed by atoms with Crippen molar-refractivity contribution >= 4 is 22.0 Å². The Hall–Kier alpha value is -2.16. The van der Waals surface area contributed by atoms with Crippen LogP contribution >= 0.6 is 0 Å². The molecule has 0 unspecified atom stereocenters. The summed E-state index contributed by atoms with van der Waals surface area (Å²) in [5, 5.41) is 9.12. The number of carbonyl (C=O) groups is 1. The number of piperidine rings is 1. The maximum atomic E-state index is 13.3.